The molecule has 2 aliphatic rings. The molecule has 0 saturated carbocycles. The van der Waals surface area contributed by atoms with Crippen LogP contribution in [0.1, 0.15) is 18.9 Å². The minimum atomic E-state index is -4.33. The summed E-state index contributed by atoms with van der Waals surface area (Å²) < 4.78 is 55.4. The van der Waals surface area contributed by atoms with Gasteiger partial charge in [-0.15, -0.1) is 0 Å². The van der Waals surface area contributed by atoms with Gasteiger partial charge >= 0.3 is 6.72 Å². The SMILES string of the molecule is Nc1nc2c(ncn2[C@@H]2O[C@H](CCO)[C@@H](F)[C@H]2OP(O)(=S)OC[C@H]2O[C@@H](n3cnc4c(N)ncnc43)[C@@H](F)[C@@H]2O)c(=O)[nH]1. The summed E-state index contributed by atoms with van der Waals surface area (Å²) in [6, 6.07) is 0. The summed E-state index contributed by atoms with van der Waals surface area (Å²) in [5.41, 5.74) is 10.9. The summed E-state index contributed by atoms with van der Waals surface area (Å²) in [6.07, 6.45) is -9.20. The Morgan fingerprint density at radius 2 is 1.74 bits per heavy atom. The third-order valence-electron chi connectivity index (χ3n) is 7.01. The van der Waals surface area contributed by atoms with Crippen LogP contribution in [-0.4, -0.2) is 104 Å². The zero-order chi connectivity index (χ0) is 30.6. The van der Waals surface area contributed by atoms with Crippen LogP contribution >= 0.6 is 6.72 Å². The Morgan fingerprint density at radius 1 is 1.05 bits per heavy atom. The van der Waals surface area contributed by atoms with E-state index in [0.29, 0.717) is 0 Å². The smallest absolute Gasteiger partial charge is 0.325 e. The van der Waals surface area contributed by atoms with E-state index in [-0.39, 0.29) is 40.5 Å². The number of imidazole rings is 2. The first kappa shape index (κ1) is 29.8. The Hall–Kier alpha value is -3.27. The van der Waals surface area contributed by atoms with E-state index < -0.39 is 74.7 Å². The van der Waals surface area contributed by atoms with Gasteiger partial charge in [0.25, 0.3) is 5.56 Å². The van der Waals surface area contributed by atoms with E-state index in [1.54, 1.807) is 0 Å². The van der Waals surface area contributed by atoms with Gasteiger partial charge in [0, 0.05) is 6.61 Å². The molecule has 0 radical (unpaired) electrons. The molecule has 1 unspecified atom stereocenters. The number of aromatic amines is 1. The van der Waals surface area contributed by atoms with Gasteiger partial charge in [0.1, 0.15) is 30.2 Å². The van der Waals surface area contributed by atoms with E-state index in [9.17, 15) is 19.9 Å². The zero-order valence-corrected chi connectivity index (χ0v) is 23.5. The van der Waals surface area contributed by atoms with Gasteiger partial charge in [-0.05, 0) is 18.2 Å². The van der Waals surface area contributed by atoms with E-state index >= 15 is 8.78 Å². The number of hydrogen-bond donors (Lipinski definition) is 6. The first-order valence-corrected chi connectivity index (χ1v) is 15.3. The van der Waals surface area contributed by atoms with Gasteiger partial charge < -0.3 is 40.6 Å². The molecule has 8 N–H and O–H groups in total. The summed E-state index contributed by atoms with van der Waals surface area (Å²) in [7, 11) is 0. The number of anilines is 2. The number of H-pyrrole nitrogens is 1. The largest absolute Gasteiger partial charge is 0.396 e. The Bertz CT molecular complexity index is 1760. The highest BCUT2D eigenvalue weighted by molar-refractivity contribution is 8.07. The van der Waals surface area contributed by atoms with Crippen LogP contribution in [0.2, 0.25) is 0 Å². The van der Waals surface area contributed by atoms with Crippen molar-refractivity contribution in [3.63, 3.8) is 0 Å². The van der Waals surface area contributed by atoms with E-state index in [1.807, 2.05) is 0 Å². The van der Waals surface area contributed by atoms with Crippen LogP contribution in [0.15, 0.2) is 23.8 Å². The van der Waals surface area contributed by atoms with Crippen LogP contribution in [0.3, 0.4) is 0 Å². The number of rotatable bonds is 9. The number of ether oxygens (including phenoxy) is 2. The molecule has 4 aromatic heterocycles. The highest BCUT2D eigenvalue weighted by atomic mass is 32.5. The fourth-order valence-electron chi connectivity index (χ4n) is 4.99. The second-order valence-electron chi connectivity index (χ2n) is 9.71. The molecule has 2 fully saturated rings. The molecular formula is C21H25F2N10O8PS. The van der Waals surface area contributed by atoms with Crippen molar-refractivity contribution in [2.75, 3.05) is 24.7 Å². The molecule has 18 nitrogen and oxygen atoms in total. The maximum Gasteiger partial charge on any atom is 0.325 e. The first-order valence-electron chi connectivity index (χ1n) is 12.7. The normalized spacial score (nSPS) is 30.8. The Labute approximate surface area is 243 Å². The van der Waals surface area contributed by atoms with Gasteiger partial charge in [0.15, 0.2) is 47.4 Å². The summed E-state index contributed by atoms with van der Waals surface area (Å²) in [4.78, 5) is 45.3. The number of nitrogens with one attached hydrogen (secondary N) is 1. The minimum Gasteiger partial charge on any atom is -0.396 e. The molecule has 2 aliphatic heterocycles. The number of aromatic nitrogens is 8. The monoisotopic (exact) mass is 646 g/mol. The van der Waals surface area contributed by atoms with Crippen molar-refractivity contribution >= 4 is 52.6 Å². The van der Waals surface area contributed by atoms with Crippen molar-refractivity contribution in [3.05, 3.63) is 29.3 Å². The number of aliphatic hydroxyl groups is 2. The second-order valence-corrected chi connectivity index (χ2v) is 12.5. The minimum absolute atomic E-state index is 0.0621. The van der Waals surface area contributed by atoms with Gasteiger partial charge in [-0.25, -0.2) is 28.7 Å². The fourth-order valence-corrected chi connectivity index (χ4v) is 6.40. The molecule has 4 aromatic rings. The number of fused-ring (bicyclic) bond motifs is 2. The van der Waals surface area contributed by atoms with Gasteiger partial charge in [-0.3, -0.25) is 23.4 Å². The van der Waals surface area contributed by atoms with Crippen LogP contribution in [0.5, 0.6) is 0 Å². The molecule has 0 spiro atoms. The highest BCUT2D eigenvalue weighted by Gasteiger charge is 2.50. The molecule has 0 aromatic carbocycles. The van der Waals surface area contributed by atoms with Crippen LogP contribution in [0, 0.1) is 0 Å². The van der Waals surface area contributed by atoms with Crippen molar-refractivity contribution in [1.29, 1.82) is 0 Å². The Balaban J connectivity index is 1.19. The molecule has 6 heterocycles. The molecule has 0 bridgehead atoms. The molecule has 232 valence electrons. The Kier molecular flexibility index (Phi) is 7.85. The first-order chi connectivity index (χ1) is 20.5. The van der Waals surface area contributed by atoms with E-state index in [4.69, 9.17) is 41.8 Å². The lowest BCUT2D eigenvalue weighted by molar-refractivity contribution is -0.0522. The maximum atomic E-state index is 15.5. The topological polar surface area (TPSA) is 257 Å². The van der Waals surface area contributed by atoms with Crippen LogP contribution in [0.25, 0.3) is 22.3 Å². The summed E-state index contributed by atoms with van der Waals surface area (Å²) in [5.74, 6) is -0.180. The van der Waals surface area contributed by atoms with Gasteiger partial charge in [0.05, 0.1) is 25.4 Å². The average Bonchev–Trinajstić information content (AvgIpc) is 3.71. The Morgan fingerprint density at radius 3 is 2.49 bits per heavy atom. The average molecular weight is 647 g/mol. The summed E-state index contributed by atoms with van der Waals surface area (Å²) in [5, 5.41) is 19.9. The van der Waals surface area contributed by atoms with Gasteiger partial charge in [-0.1, -0.05) is 0 Å². The lowest BCUT2D eigenvalue weighted by Gasteiger charge is -2.26. The number of hydrogen-bond acceptors (Lipinski definition) is 15. The molecule has 43 heavy (non-hydrogen) atoms. The predicted molar refractivity (Wildman–Crippen MR) is 145 cm³/mol. The van der Waals surface area contributed by atoms with Crippen LogP contribution in [-0.2, 0) is 30.3 Å². The number of nitrogens with two attached hydrogens (primary N) is 2. The predicted octanol–water partition coefficient (Wildman–Crippen LogP) is -1.04. The molecule has 2 saturated heterocycles. The molecule has 0 amide bonds. The molecule has 0 aliphatic carbocycles. The van der Waals surface area contributed by atoms with Gasteiger partial charge in [0.2, 0.25) is 5.95 Å². The lowest BCUT2D eigenvalue weighted by atomic mass is 10.1. The third kappa shape index (κ3) is 5.36. The third-order valence-corrected chi connectivity index (χ3v) is 8.57. The van der Waals surface area contributed by atoms with Crippen molar-refractivity contribution in [1.82, 2.24) is 39.0 Å². The number of alkyl halides is 2. The van der Waals surface area contributed by atoms with Gasteiger partial charge in [-0.2, -0.15) is 4.98 Å². The van der Waals surface area contributed by atoms with E-state index in [0.717, 1.165) is 12.7 Å². The standard InChI is InChI=1S/C21H25F2N10O8PS/c22-9-7(1-2-34)39-20(33-6-29-12-17(33)30-21(25)31-18(12)36)14(9)41-42(37,43)38-3-8-13(35)10(23)19(40-8)32-5-28-11-15(24)26-4-27-16(11)32/h4-10,13-14,19-20,34-35H,1-3H2,(H,37,43)(H2,24,26,27)(H3,25,30,31,36)/t7-,8-,9-,10+,13-,14-,19-,20-,42?/m1/s1. The lowest BCUT2D eigenvalue weighted by Crippen LogP contribution is -2.33. The number of aliphatic hydroxyl groups excluding tert-OH is 2. The highest BCUT2D eigenvalue weighted by Crippen LogP contribution is 2.51. The zero-order valence-electron chi connectivity index (χ0n) is 21.8. The van der Waals surface area contributed by atoms with Crippen molar-refractivity contribution in [2.24, 2.45) is 0 Å². The second kappa shape index (κ2) is 11.3. The quantitative estimate of drug-likeness (QED) is 0.119. The number of nitrogens with zero attached hydrogens (tertiary/aromatic N) is 7. The molecule has 22 heteroatoms. The van der Waals surface area contributed by atoms with Crippen molar-refractivity contribution < 1.29 is 42.4 Å². The van der Waals surface area contributed by atoms with Crippen LogP contribution in [0.4, 0.5) is 20.5 Å². The van der Waals surface area contributed by atoms with Crippen LogP contribution < -0.4 is 17.0 Å². The fraction of sp³-hybridized carbons (Fsp3) is 0.524. The maximum absolute atomic E-state index is 15.5. The van der Waals surface area contributed by atoms with E-state index in [2.05, 4.69) is 29.9 Å². The number of nitrogen functional groups attached to an aromatic ring is 2. The summed E-state index contributed by atoms with van der Waals surface area (Å²) >= 11 is 5.10. The van der Waals surface area contributed by atoms with Crippen molar-refractivity contribution in [2.45, 2.75) is 55.6 Å². The van der Waals surface area contributed by atoms with E-state index in [1.165, 1.54) is 15.5 Å². The summed E-state index contributed by atoms with van der Waals surface area (Å²) in [6.45, 7) is -5.41. The molecule has 9 atom stereocenters. The van der Waals surface area contributed by atoms with Crippen molar-refractivity contribution in [3.8, 4) is 0 Å². The molecular weight excluding hydrogens is 621 g/mol. The molecule has 6 rings (SSSR count). The number of halogens is 2.